The average molecular weight is 451 g/mol. The molecule has 9 nitrogen and oxygen atoms in total. The third kappa shape index (κ3) is 4.66. The summed E-state index contributed by atoms with van der Waals surface area (Å²) in [4.78, 5) is 49.5. The highest BCUT2D eigenvalue weighted by Crippen LogP contribution is 2.32. The van der Waals surface area contributed by atoms with Crippen LogP contribution in [0.15, 0.2) is 48.8 Å². The number of hydrogen-bond acceptors (Lipinski definition) is 7. The van der Waals surface area contributed by atoms with E-state index in [-0.39, 0.29) is 16.6 Å². The van der Waals surface area contributed by atoms with Crippen molar-refractivity contribution in [3.63, 3.8) is 0 Å². The number of thiazole rings is 1. The smallest absolute Gasteiger partial charge is 0.270 e. The number of amides is 3. The maximum atomic E-state index is 12.8. The molecule has 0 atom stereocenters. The highest BCUT2D eigenvalue weighted by molar-refractivity contribution is 7.19. The third-order valence-corrected chi connectivity index (χ3v) is 6.22. The van der Waals surface area contributed by atoms with Gasteiger partial charge in [-0.15, -0.1) is 0 Å². The van der Waals surface area contributed by atoms with Gasteiger partial charge in [-0.1, -0.05) is 11.3 Å². The lowest BCUT2D eigenvalue weighted by atomic mass is 10.1. The van der Waals surface area contributed by atoms with E-state index in [1.165, 1.54) is 0 Å². The topological polar surface area (TPSA) is 122 Å². The van der Waals surface area contributed by atoms with Crippen molar-refractivity contribution in [3.8, 4) is 10.6 Å². The predicted octanol–water partition coefficient (Wildman–Crippen LogP) is 1.94. The third-order valence-electron chi connectivity index (χ3n) is 5.20. The Bertz CT molecular complexity index is 1140. The molecule has 1 aromatic carbocycles. The van der Waals surface area contributed by atoms with Crippen molar-refractivity contribution in [1.29, 1.82) is 0 Å². The normalized spacial score (nSPS) is 14.2. The zero-order valence-corrected chi connectivity index (χ0v) is 18.3. The lowest BCUT2D eigenvalue weighted by molar-refractivity contribution is 0.0663. The average Bonchev–Trinajstić information content (AvgIpc) is 3.24. The van der Waals surface area contributed by atoms with E-state index >= 15 is 0 Å². The summed E-state index contributed by atoms with van der Waals surface area (Å²) in [6, 6.07) is 9.97. The summed E-state index contributed by atoms with van der Waals surface area (Å²) in [5, 5.41) is 3.53. The maximum Gasteiger partial charge on any atom is 0.270 e. The number of piperazine rings is 1. The molecule has 0 saturated carbocycles. The van der Waals surface area contributed by atoms with Crippen LogP contribution in [0.3, 0.4) is 0 Å². The number of nitrogens with two attached hydrogens (primary N) is 1. The molecule has 0 aliphatic carbocycles. The fourth-order valence-corrected chi connectivity index (χ4v) is 4.29. The predicted molar refractivity (Wildman–Crippen MR) is 122 cm³/mol. The van der Waals surface area contributed by atoms with E-state index in [9.17, 15) is 14.4 Å². The standard InChI is InChI=1S/C22H22N6O3S/c1-27-10-12-28(13-11-27)22(31)16-4-2-14(3-5-16)19(30)26-21-17(18(23)29)25-20(32-21)15-6-8-24-9-7-15/h2-9H,10-13H2,1H3,(H2,23,29)(H,26,30). The molecule has 1 fully saturated rings. The molecule has 3 heterocycles. The first-order valence-corrected chi connectivity index (χ1v) is 10.8. The van der Waals surface area contributed by atoms with Gasteiger partial charge in [0.1, 0.15) is 10.0 Å². The lowest BCUT2D eigenvalue weighted by Crippen LogP contribution is -2.47. The molecule has 0 spiro atoms. The van der Waals surface area contributed by atoms with Crippen LogP contribution >= 0.6 is 11.3 Å². The number of benzene rings is 1. The van der Waals surface area contributed by atoms with Gasteiger partial charge in [0, 0.05) is 55.3 Å². The molecule has 1 saturated heterocycles. The Morgan fingerprint density at radius 1 is 0.969 bits per heavy atom. The Morgan fingerprint density at radius 2 is 1.59 bits per heavy atom. The Labute approximate surface area is 188 Å². The van der Waals surface area contributed by atoms with Crippen molar-refractivity contribution in [2.75, 3.05) is 38.5 Å². The molecule has 10 heteroatoms. The Morgan fingerprint density at radius 3 is 2.22 bits per heavy atom. The number of hydrogen-bond donors (Lipinski definition) is 2. The van der Waals surface area contributed by atoms with Gasteiger partial charge < -0.3 is 20.9 Å². The second-order valence-corrected chi connectivity index (χ2v) is 8.42. The van der Waals surface area contributed by atoms with Gasteiger partial charge in [-0.05, 0) is 43.4 Å². The molecule has 3 amide bonds. The van der Waals surface area contributed by atoms with Crippen LogP contribution in [0.1, 0.15) is 31.2 Å². The van der Waals surface area contributed by atoms with E-state index in [0.717, 1.165) is 30.0 Å². The van der Waals surface area contributed by atoms with Crippen LogP contribution in [-0.2, 0) is 0 Å². The molecular weight excluding hydrogens is 428 g/mol. The van der Waals surface area contributed by atoms with Crippen LogP contribution in [0.5, 0.6) is 0 Å². The van der Waals surface area contributed by atoms with Gasteiger partial charge in [0.2, 0.25) is 0 Å². The zero-order chi connectivity index (χ0) is 22.7. The molecule has 3 N–H and O–H groups in total. The van der Waals surface area contributed by atoms with E-state index < -0.39 is 11.8 Å². The van der Waals surface area contributed by atoms with E-state index in [2.05, 4.69) is 20.2 Å². The van der Waals surface area contributed by atoms with Gasteiger partial charge in [0.25, 0.3) is 17.7 Å². The van der Waals surface area contributed by atoms with Crippen LogP contribution in [0.25, 0.3) is 10.6 Å². The Balaban J connectivity index is 1.49. The molecule has 1 aliphatic rings. The quantitative estimate of drug-likeness (QED) is 0.613. The summed E-state index contributed by atoms with van der Waals surface area (Å²) in [7, 11) is 2.03. The van der Waals surface area contributed by atoms with Crippen molar-refractivity contribution < 1.29 is 14.4 Å². The van der Waals surface area contributed by atoms with Crippen molar-refractivity contribution >= 4 is 34.1 Å². The van der Waals surface area contributed by atoms with Crippen LogP contribution in [0.4, 0.5) is 5.00 Å². The van der Waals surface area contributed by atoms with Crippen molar-refractivity contribution in [2.24, 2.45) is 5.73 Å². The monoisotopic (exact) mass is 450 g/mol. The minimum atomic E-state index is -0.732. The van der Waals surface area contributed by atoms with E-state index in [1.54, 1.807) is 48.8 Å². The zero-order valence-electron chi connectivity index (χ0n) is 17.4. The molecule has 32 heavy (non-hydrogen) atoms. The molecule has 164 valence electrons. The molecule has 4 rings (SSSR count). The lowest BCUT2D eigenvalue weighted by Gasteiger charge is -2.32. The molecular formula is C22H22N6O3S. The number of anilines is 1. The summed E-state index contributed by atoms with van der Waals surface area (Å²) < 4.78 is 0. The van der Waals surface area contributed by atoms with Gasteiger partial charge in [-0.3, -0.25) is 19.4 Å². The summed E-state index contributed by atoms with van der Waals surface area (Å²) in [6.07, 6.45) is 3.23. The maximum absolute atomic E-state index is 12.8. The second-order valence-electron chi connectivity index (χ2n) is 7.42. The van der Waals surface area contributed by atoms with E-state index in [0.29, 0.717) is 29.2 Å². The highest BCUT2D eigenvalue weighted by atomic mass is 32.1. The van der Waals surface area contributed by atoms with E-state index in [1.807, 2.05) is 11.9 Å². The van der Waals surface area contributed by atoms with Crippen LogP contribution in [0, 0.1) is 0 Å². The van der Waals surface area contributed by atoms with Crippen LogP contribution in [0.2, 0.25) is 0 Å². The summed E-state index contributed by atoms with van der Waals surface area (Å²) >= 11 is 1.15. The van der Waals surface area contributed by atoms with Crippen molar-refractivity contribution in [1.82, 2.24) is 19.8 Å². The number of rotatable bonds is 5. The first kappa shape index (κ1) is 21.6. The number of carbonyl (C=O) groups excluding carboxylic acids is 3. The Hall–Kier alpha value is -3.63. The second kappa shape index (κ2) is 9.25. The molecule has 2 aromatic heterocycles. The molecule has 1 aliphatic heterocycles. The first-order valence-electron chi connectivity index (χ1n) is 10.0. The summed E-state index contributed by atoms with van der Waals surface area (Å²) in [6.45, 7) is 3.03. The van der Waals surface area contributed by atoms with Gasteiger partial charge in [0.05, 0.1) is 0 Å². The molecule has 0 bridgehead atoms. The van der Waals surface area contributed by atoms with Gasteiger partial charge in [0.15, 0.2) is 5.69 Å². The first-order chi connectivity index (χ1) is 15.4. The largest absolute Gasteiger partial charge is 0.364 e. The van der Waals surface area contributed by atoms with E-state index in [4.69, 9.17) is 5.73 Å². The summed E-state index contributed by atoms with van der Waals surface area (Å²) in [5.41, 5.74) is 7.10. The fourth-order valence-electron chi connectivity index (χ4n) is 3.32. The van der Waals surface area contributed by atoms with Gasteiger partial charge >= 0.3 is 0 Å². The highest BCUT2D eigenvalue weighted by Gasteiger charge is 2.22. The number of nitrogens with zero attached hydrogens (tertiary/aromatic N) is 4. The summed E-state index contributed by atoms with van der Waals surface area (Å²) in [5.74, 6) is -1.20. The number of primary amides is 1. The number of carbonyl (C=O) groups is 3. The minimum Gasteiger partial charge on any atom is -0.364 e. The molecule has 0 radical (unpaired) electrons. The fraction of sp³-hybridized carbons (Fsp3) is 0.227. The molecule has 3 aromatic rings. The SMILES string of the molecule is CN1CCN(C(=O)c2ccc(C(=O)Nc3sc(-c4ccncc4)nc3C(N)=O)cc2)CC1. The van der Waals surface area contributed by atoms with Gasteiger partial charge in [-0.25, -0.2) is 4.98 Å². The van der Waals surface area contributed by atoms with Crippen molar-refractivity contribution in [3.05, 3.63) is 65.6 Å². The number of nitrogens with one attached hydrogen (secondary N) is 1. The minimum absolute atomic E-state index is 0.00275. The van der Waals surface area contributed by atoms with Crippen LogP contribution < -0.4 is 11.1 Å². The molecule has 0 unspecified atom stereocenters. The van der Waals surface area contributed by atoms with Crippen LogP contribution in [-0.4, -0.2) is 70.7 Å². The number of likely N-dealkylation sites (N-methyl/N-ethyl adjacent to an activating group) is 1. The number of pyridine rings is 1. The van der Waals surface area contributed by atoms with Gasteiger partial charge in [-0.2, -0.15) is 0 Å². The Kier molecular flexibility index (Phi) is 6.24. The van der Waals surface area contributed by atoms with Crippen molar-refractivity contribution in [2.45, 2.75) is 0 Å². The number of aromatic nitrogens is 2.